The predicted octanol–water partition coefficient (Wildman–Crippen LogP) is 2.48. The van der Waals surface area contributed by atoms with E-state index in [1.165, 1.54) is 10.6 Å². The minimum atomic E-state index is 0.0557. The Bertz CT molecular complexity index is 797. The number of nitrogens with one attached hydrogen (secondary N) is 2. The summed E-state index contributed by atoms with van der Waals surface area (Å²) < 4.78 is 8.15. The molecule has 4 heterocycles. The van der Waals surface area contributed by atoms with E-state index in [0.29, 0.717) is 12.6 Å². The molecule has 2 saturated heterocycles. The molecule has 2 aromatic heterocycles. The second-order valence-corrected chi connectivity index (χ2v) is 9.63. The molecule has 2 aliphatic heterocycles. The number of hydrogen-bond acceptors (Lipinski definition) is 6. The normalized spacial score (nSPS) is 25.4. The van der Waals surface area contributed by atoms with Crippen molar-refractivity contribution < 1.29 is 4.74 Å². The molecular formula is C19H28N6OS2. The summed E-state index contributed by atoms with van der Waals surface area (Å²) in [7, 11) is 1.98. The van der Waals surface area contributed by atoms with Crippen molar-refractivity contribution >= 4 is 29.1 Å². The highest BCUT2D eigenvalue weighted by atomic mass is 32.2. The number of thioether (sulfide) groups is 1. The first-order valence-electron chi connectivity index (χ1n) is 9.77. The fraction of sp³-hybridized carbons (Fsp3) is 0.632. The van der Waals surface area contributed by atoms with Crippen LogP contribution in [0, 0.1) is 6.92 Å². The van der Waals surface area contributed by atoms with Gasteiger partial charge in [0.1, 0.15) is 12.4 Å². The first kappa shape index (κ1) is 19.7. The second-order valence-electron chi connectivity index (χ2n) is 7.49. The fourth-order valence-corrected chi connectivity index (χ4v) is 5.71. The van der Waals surface area contributed by atoms with Crippen molar-refractivity contribution in [2.45, 2.75) is 50.9 Å². The van der Waals surface area contributed by atoms with E-state index in [-0.39, 0.29) is 5.60 Å². The number of rotatable bonds is 5. The molecule has 9 heteroatoms. The van der Waals surface area contributed by atoms with Gasteiger partial charge >= 0.3 is 0 Å². The summed E-state index contributed by atoms with van der Waals surface area (Å²) in [5.74, 6) is 4.91. The molecule has 2 aromatic rings. The van der Waals surface area contributed by atoms with Crippen molar-refractivity contribution in [1.29, 1.82) is 0 Å². The molecule has 0 radical (unpaired) electrons. The van der Waals surface area contributed by atoms with Crippen molar-refractivity contribution in [2.24, 2.45) is 12.0 Å². The molecule has 2 fully saturated rings. The van der Waals surface area contributed by atoms with Crippen molar-refractivity contribution in [1.82, 2.24) is 25.4 Å². The summed E-state index contributed by atoms with van der Waals surface area (Å²) in [6, 6.07) is 4.60. The molecule has 28 heavy (non-hydrogen) atoms. The number of hydrogen-bond donors (Lipinski definition) is 2. The zero-order chi connectivity index (χ0) is 19.4. The summed E-state index contributed by atoms with van der Waals surface area (Å²) >= 11 is 3.76. The highest BCUT2D eigenvalue weighted by molar-refractivity contribution is 7.99. The fourth-order valence-electron chi connectivity index (χ4n) is 3.68. The van der Waals surface area contributed by atoms with Gasteiger partial charge < -0.3 is 19.9 Å². The van der Waals surface area contributed by atoms with Crippen LogP contribution in [-0.2, 0) is 24.9 Å². The van der Waals surface area contributed by atoms with Gasteiger partial charge in [-0.3, -0.25) is 0 Å². The third kappa shape index (κ3) is 4.69. The molecule has 4 rings (SSSR count). The number of guanidine groups is 1. The molecule has 2 atom stereocenters. The maximum Gasteiger partial charge on any atom is 0.192 e. The summed E-state index contributed by atoms with van der Waals surface area (Å²) in [4.78, 5) is 6.10. The van der Waals surface area contributed by atoms with Gasteiger partial charge in [0, 0.05) is 30.3 Å². The largest absolute Gasteiger partial charge is 0.374 e. The average molecular weight is 421 g/mol. The topological polar surface area (TPSA) is 76.4 Å². The van der Waals surface area contributed by atoms with Crippen LogP contribution in [0.2, 0.25) is 0 Å². The minimum Gasteiger partial charge on any atom is -0.374 e. The third-order valence-corrected chi connectivity index (χ3v) is 7.57. The van der Waals surface area contributed by atoms with Crippen molar-refractivity contribution in [2.75, 3.05) is 18.1 Å². The van der Waals surface area contributed by atoms with Gasteiger partial charge in [0.25, 0.3) is 0 Å². The van der Waals surface area contributed by atoms with Crippen LogP contribution in [0.5, 0.6) is 0 Å². The molecular weight excluding hydrogens is 392 g/mol. The smallest absolute Gasteiger partial charge is 0.192 e. The molecule has 0 saturated carbocycles. The predicted molar refractivity (Wildman–Crippen MR) is 115 cm³/mol. The molecule has 7 nitrogen and oxygen atoms in total. The number of thiophene rings is 1. The molecule has 152 valence electrons. The van der Waals surface area contributed by atoms with E-state index in [4.69, 9.17) is 9.73 Å². The lowest BCUT2D eigenvalue weighted by atomic mass is 9.90. The van der Waals surface area contributed by atoms with E-state index in [1.807, 2.05) is 30.3 Å². The molecule has 0 amide bonds. The van der Waals surface area contributed by atoms with Gasteiger partial charge in [0.15, 0.2) is 11.8 Å². The van der Waals surface area contributed by atoms with Crippen LogP contribution < -0.4 is 10.6 Å². The van der Waals surface area contributed by atoms with Crippen molar-refractivity contribution in [3.8, 4) is 0 Å². The lowest BCUT2D eigenvalue weighted by Crippen LogP contribution is -2.51. The average Bonchev–Trinajstić information content (AvgIpc) is 3.43. The van der Waals surface area contributed by atoms with Gasteiger partial charge in [-0.15, -0.1) is 21.5 Å². The van der Waals surface area contributed by atoms with E-state index in [0.717, 1.165) is 55.8 Å². The first-order chi connectivity index (χ1) is 13.6. The summed E-state index contributed by atoms with van der Waals surface area (Å²) in [6.07, 6.45) is 3.21. The van der Waals surface area contributed by atoms with Crippen molar-refractivity contribution in [3.05, 3.63) is 34.0 Å². The standard InChI is InChI=1S/C19H28N6OS2/c1-14-23-24-17(25(14)2)12-21-18(20-11-16-4-3-8-28-16)22-15-5-7-26-19(10-15)6-9-27-13-19/h3-4,8,15H,5-7,9-13H2,1-2H3,(H2,20,21,22). The molecule has 2 aliphatic rings. The number of aryl methyl sites for hydroxylation is 1. The minimum absolute atomic E-state index is 0.0557. The Labute approximate surface area is 174 Å². The van der Waals surface area contributed by atoms with E-state index in [2.05, 4.69) is 38.3 Å². The Morgan fingerprint density at radius 3 is 3.11 bits per heavy atom. The van der Waals surface area contributed by atoms with Gasteiger partial charge in [-0.2, -0.15) is 11.8 Å². The Morgan fingerprint density at radius 2 is 2.39 bits per heavy atom. The molecule has 1 spiro atoms. The zero-order valence-corrected chi connectivity index (χ0v) is 18.1. The van der Waals surface area contributed by atoms with Crippen molar-refractivity contribution in [3.63, 3.8) is 0 Å². The van der Waals surface area contributed by atoms with Crippen LogP contribution in [0.4, 0.5) is 0 Å². The van der Waals surface area contributed by atoms with Crippen LogP contribution in [-0.4, -0.2) is 50.5 Å². The van der Waals surface area contributed by atoms with Gasteiger partial charge in [0.05, 0.1) is 12.1 Å². The monoisotopic (exact) mass is 420 g/mol. The van der Waals surface area contributed by atoms with E-state index >= 15 is 0 Å². The summed E-state index contributed by atoms with van der Waals surface area (Å²) in [5.41, 5.74) is 0.0557. The van der Waals surface area contributed by atoms with Crippen LogP contribution in [0.25, 0.3) is 0 Å². The zero-order valence-electron chi connectivity index (χ0n) is 16.5. The highest BCUT2D eigenvalue weighted by Gasteiger charge is 2.40. The first-order valence-corrected chi connectivity index (χ1v) is 11.8. The Morgan fingerprint density at radius 1 is 1.46 bits per heavy atom. The Hall–Kier alpha value is -1.58. The SMILES string of the molecule is Cc1nnc(CN=C(NCc2cccs2)NC2CCOC3(CCSC3)C2)n1C. The summed E-state index contributed by atoms with van der Waals surface area (Å²) in [6.45, 7) is 4.04. The van der Waals surface area contributed by atoms with Gasteiger partial charge in [-0.25, -0.2) is 4.99 Å². The molecule has 0 aromatic carbocycles. The number of nitrogens with zero attached hydrogens (tertiary/aromatic N) is 4. The third-order valence-electron chi connectivity index (χ3n) is 5.47. The number of aliphatic imine (C=N–C) groups is 1. The van der Waals surface area contributed by atoms with Crippen LogP contribution >= 0.6 is 23.1 Å². The van der Waals surface area contributed by atoms with Crippen LogP contribution in [0.15, 0.2) is 22.5 Å². The Kier molecular flexibility index (Phi) is 6.22. The van der Waals surface area contributed by atoms with E-state index in [1.54, 1.807) is 11.3 Å². The highest BCUT2D eigenvalue weighted by Crippen LogP contribution is 2.38. The molecule has 2 N–H and O–H groups in total. The Balaban J connectivity index is 1.43. The number of ether oxygens (including phenoxy) is 1. The van der Waals surface area contributed by atoms with E-state index < -0.39 is 0 Å². The molecule has 0 bridgehead atoms. The molecule has 2 unspecified atom stereocenters. The maximum absolute atomic E-state index is 6.16. The van der Waals surface area contributed by atoms with E-state index in [9.17, 15) is 0 Å². The quantitative estimate of drug-likeness (QED) is 0.572. The van der Waals surface area contributed by atoms with Gasteiger partial charge in [-0.05, 0) is 43.4 Å². The lowest BCUT2D eigenvalue weighted by molar-refractivity contribution is -0.0679. The summed E-state index contributed by atoms with van der Waals surface area (Å²) in [5, 5.41) is 17.6. The number of aromatic nitrogens is 3. The van der Waals surface area contributed by atoms with Gasteiger partial charge in [0.2, 0.25) is 0 Å². The van der Waals surface area contributed by atoms with Crippen LogP contribution in [0.3, 0.4) is 0 Å². The second kappa shape index (κ2) is 8.84. The lowest BCUT2D eigenvalue weighted by Gasteiger charge is -2.38. The molecule has 0 aliphatic carbocycles. The maximum atomic E-state index is 6.16. The van der Waals surface area contributed by atoms with Gasteiger partial charge in [-0.1, -0.05) is 6.07 Å². The van der Waals surface area contributed by atoms with Crippen LogP contribution in [0.1, 0.15) is 35.8 Å².